The predicted octanol–water partition coefficient (Wildman–Crippen LogP) is 2.16. The second-order valence-electron chi connectivity index (χ2n) is 6.67. The SMILES string of the molecule is Cc1ccc(OCC(=O)N2CCN(CC(=O)Nc3ccccc3)CC2)cc1. The van der Waals surface area contributed by atoms with E-state index in [1.807, 2.05) is 61.5 Å². The molecule has 1 saturated heterocycles. The number of carbonyl (C=O) groups is 2. The van der Waals surface area contributed by atoms with Gasteiger partial charge in [-0.25, -0.2) is 0 Å². The van der Waals surface area contributed by atoms with Crippen LogP contribution in [0, 0.1) is 6.92 Å². The van der Waals surface area contributed by atoms with E-state index in [-0.39, 0.29) is 18.4 Å². The molecule has 0 saturated carbocycles. The van der Waals surface area contributed by atoms with Crippen LogP contribution < -0.4 is 10.1 Å². The molecule has 6 nitrogen and oxygen atoms in total. The summed E-state index contributed by atoms with van der Waals surface area (Å²) in [5.74, 6) is 0.637. The number of benzene rings is 2. The minimum Gasteiger partial charge on any atom is -0.484 e. The summed E-state index contributed by atoms with van der Waals surface area (Å²) in [5.41, 5.74) is 1.95. The minimum atomic E-state index is -0.0383. The predicted molar refractivity (Wildman–Crippen MR) is 105 cm³/mol. The van der Waals surface area contributed by atoms with Gasteiger partial charge in [0.15, 0.2) is 6.61 Å². The highest BCUT2D eigenvalue weighted by Crippen LogP contribution is 2.12. The van der Waals surface area contributed by atoms with Crippen molar-refractivity contribution in [1.29, 1.82) is 0 Å². The molecule has 0 spiro atoms. The molecule has 6 heteroatoms. The van der Waals surface area contributed by atoms with Crippen LogP contribution in [0.25, 0.3) is 0 Å². The van der Waals surface area contributed by atoms with E-state index in [1.54, 1.807) is 4.90 Å². The largest absolute Gasteiger partial charge is 0.484 e. The summed E-state index contributed by atoms with van der Waals surface area (Å²) in [4.78, 5) is 28.3. The number of carbonyl (C=O) groups excluding carboxylic acids is 2. The first-order valence-electron chi connectivity index (χ1n) is 9.14. The molecule has 2 aromatic rings. The van der Waals surface area contributed by atoms with Gasteiger partial charge in [-0.3, -0.25) is 14.5 Å². The van der Waals surface area contributed by atoms with Gasteiger partial charge in [-0.2, -0.15) is 0 Å². The second kappa shape index (κ2) is 9.19. The van der Waals surface area contributed by atoms with E-state index in [4.69, 9.17) is 4.74 Å². The summed E-state index contributed by atoms with van der Waals surface area (Å²) >= 11 is 0. The van der Waals surface area contributed by atoms with Crippen molar-refractivity contribution in [2.24, 2.45) is 0 Å². The number of piperazine rings is 1. The Bertz CT molecular complexity index is 754. The van der Waals surface area contributed by atoms with Crippen LogP contribution in [-0.4, -0.2) is 60.9 Å². The lowest BCUT2D eigenvalue weighted by molar-refractivity contribution is -0.135. The maximum absolute atomic E-state index is 12.3. The van der Waals surface area contributed by atoms with Crippen molar-refractivity contribution in [2.75, 3.05) is 44.6 Å². The molecule has 0 aliphatic carbocycles. The number of amides is 2. The van der Waals surface area contributed by atoms with Gasteiger partial charge in [0.1, 0.15) is 5.75 Å². The second-order valence-corrected chi connectivity index (χ2v) is 6.67. The smallest absolute Gasteiger partial charge is 0.260 e. The summed E-state index contributed by atoms with van der Waals surface area (Å²) in [7, 11) is 0. The lowest BCUT2D eigenvalue weighted by atomic mass is 10.2. The van der Waals surface area contributed by atoms with Crippen molar-refractivity contribution in [2.45, 2.75) is 6.92 Å². The Morgan fingerprint density at radius 2 is 1.63 bits per heavy atom. The number of ether oxygens (including phenoxy) is 1. The molecule has 142 valence electrons. The number of anilines is 1. The fraction of sp³-hybridized carbons (Fsp3) is 0.333. The zero-order chi connectivity index (χ0) is 19.1. The first-order valence-corrected chi connectivity index (χ1v) is 9.14. The van der Waals surface area contributed by atoms with Gasteiger partial charge in [0, 0.05) is 31.9 Å². The van der Waals surface area contributed by atoms with E-state index in [0.29, 0.717) is 38.5 Å². The molecule has 0 aromatic heterocycles. The Balaban J connectivity index is 1.38. The van der Waals surface area contributed by atoms with Crippen molar-refractivity contribution in [3.8, 4) is 5.75 Å². The van der Waals surface area contributed by atoms with Gasteiger partial charge in [-0.15, -0.1) is 0 Å². The number of rotatable bonds is 6. The molecule has 1 heterocycles. The van der Waals surface area contributed by atoms with Crippen LogP contribution in [0.5, 0.6) is 5.75 Å². The molecule has 1 N–H and O–H groups in total. The Morgan fingerprint density at radius 3 is 2.30 bits per heavy atom. The van der Waals surface area contributed by atoms with Crippen LogP contribution in [0.1, 0.15) is 5.56 Å². The number of nitrogens with zero attached hydrogens (tertiary/aromatic N) is 2. The first kappa shape index (κ1) is 18.9. The summed E-state index contributed by atoms with van der Waals surface area (Å²) in [6.45, 7) is 4.95. The lowest BCUT2D eigenvalue weighted by Gasteiger charge is -2.34. The Morgan fingerprint density at radius 1 is 0.963 bits per heavy atom. The van der Waals surface area contributed by atoms with Crippen molar-refractivity contribution >= 4 is 17.5 Å². The molecular weight excluding hydrogens is 342 g/mol. The minimum absolute atomic E-state index is 0.0241. The van der Waals surface area contributed by atoms with E-state index < -0.39 is 0 Å². The van der Waals surface area contributed by atoms with Gasteiger partial charge >= 0.3 is 0 Å². The van der Waals surface area contributed by atoms with Gasteiger partial charge in [0.25, 0.3) is 5.91 Å². The average Bonchev–Trinajstić information content (AvgIpc) is 2.68. The summed E-state index contributed by atoms with van der Waals surface area (Å²) in [5, 5.41) is 2.88. The topological polar surface area (TPSA) is 61.9 Å². The Hall–Kier alpha value is -2.86. The van der Waals surface area contributed by atoms with E-state index in [9.17, 15) is 9.59 Å². The highest BCUT2D eigenvalue weighted by molar-refractivity contribution is 5.92. The van der Waals surface area contributed by atoms with E-state index in [0.717, 1.165) is 11.3 Å². The van der Waals surface area contributed by atoms with Crippen molar-refractivity contribution in [3.05, 3.63) is 60.2 Å². The molecular formula is C21H25N3O3. The Labute approximate surface area is 159 Å². The number of hydrogen-bond donors (Lipinski definition) is 1. The standard InChI is InChI=1S/C21H25N3O3/c1-17-7-9-19(10-8-17)27-16-21(26)24-13-11-23(12-14-24)15-20(25)22-18-5-3-2-4-6-18/h2-10H,11-16H2,1H3,(H,22,25). The molecule has 3 rings (SSSR count). The van der Waals surface area contributed by atoms with Crippen LogP contribution in [0.15, 0.2) is 54.6 Å². The first-order chi connectivity index (χ1) is 13.1. The monoisotopic (exact) mass is 367 g/mol. The van der Waals surface area contributed by atoms with Gasteiger partial charge in [0.2, 0.25) is 5.91 Å². The van der Waals surface area contributed by atoms with E-state index in [2.05, 4.69) is 10.2 Å². The highest BCUT2D eigenvalue weighted by Gasteiger charge is 2.22. The molecule has 0 radical (unpaired) electrons. The van der Waals surface area contributed by atoms with Crippen molar-refractivity contribution in [3.63, 3.8) is 0 Å². The third-order valence-electron chi connectivity index (χ3n) is 4.53. The zero-order valence-corrected chi connectivity index (χ0v) is 15.6. The van der Waals surface area contributed by atoms with Gasteiger partial charge in [0.05, 0.1) is 6.54 Å². The molecule has 0 unspecified atom stereocenters. The number of aryl methyl sites for hydroxylation is 1. The van der Waals surface area contributed by atoms with Gasteiger partial charge < -0.3 is 15.0 Å². The third kappa shape index (κ3) is 5.82. The number of nitrogens with one attached hydrogen (secondary N) is 1. The fourth-order valence-corrected chi connectivity index (χ4v) is 2.95. The van der Waals surface area contributed by atoms with E-state index in [1.165, 1.54) is 0 Å². The molecule has 1 aliphatic rings. The number of hydrogen-bond acceptors (Lipinski definition) is 4. The highest BCUT2D eigenvalue weighted by atomic mass is 16.5. The molecule has 1 aliphatic heterocycles. The summed E-state index contributed by atoms with van der Waals surface area (Å²) < 4.78 is 5.56. The van der Waals surface area contributed by atoms with Crippen LogP contribution in [-0.2, 0) is 9.59 Å². The van der Waals surface area contributed by atoms with Crippen LogP contribution in [0.4, 0.5) is 5.69 Å². The maximum atomic E-state index is 12.3. The van der Waals surface area contributed by atoms with E-state index >= 15 is 0 Å². The normalized spacial score (nSPS) is 14.6. The fourth-order valence-electron chi connectivity index (χ4n) is 2.95. The molecule has 2 amide bonds. The van der Waals surface area contributed by atoms with Crippen LogP contribution >= 0.6 is 0 Å². The summed E-state index contributed by atoms with van der Waals surface area (Å²) in [6, 6.07) is 17.1. The number of para-hydroxylation sites is 1. The molecule has 1 fully saturated rings. The van der Waals surface area contributed by atoms with Crippen LogP contribution in [0.2, 0.25) is 0 Å². The van der Waals surface area contributed by atoms with Gasteiger partial charge in [-0.05, 0) is 31.2 Å². The maximum Gasteiger partial charge on any atom is 0.260 e. The molecule has 0 bridgehead atoms. The quantitative estimate of drug-likeness (QED) is 0.850. The average molecular weight is 367 g/mol. The zero-order valence-electron chi connectivity index (χ0n) is 15.6. The summed E-state index contributed by atoms with van der Waals surface area (Å²) in [6.07, 6.45) is 0. The molecule has 2 aromatic carbocycles. The van der Waals surface area contributed by atoms with Crippen molar-refractivity contribution < 1.29 is 14.3 Å². The molecule has 0 atom stereocenters. The van der Waals surface area contributed by atoms with Gasteiger partial charge in [-0.1, -0.05) is 35.9 Å². The van der Waals surface area contributed by atoms with Crippen molar-refractivity contribution in [1.82, 2.24) is 9.80 Å². The lowest BCUT2D eigenvalue weighted by Crippen LogP contribution is -2.51. The van der Waals surface area contributed by atoms with Crippen LogP contribution in [0.3, 0.4) is 0 Å². The Kier molecular flexibility index (Phi) is 6.44. The molecule has 27 heavy (non-hydrogen) atoms. The third-order valence-corrected chi connectivity index (χ3v) is 4.53.